The maximum atomic E-state index is 12.4. The van der Waals surface area contributed by atoms with Crippen LogP contribution in [0.4, 0.5) is 0 Å². The van der Waals surface area contributed by atoms with Crippen LogP contribution in [-0.4, -0.2) is 33.8 Å². The highest BCUT2D eigenvalue weighted by molar-refractivity contribution is 7.91. The Balaban J connectivity index is 2.19. The fraction of sp³-hybridized carbons (Fsp3) is 0.200. The van der Waals surface area contributed by atoms with Crippen LogP contribution in [-0.2, 0) is 14.6 Å². The Morgan fingerprint density at radius 1 is 0.905 bits per heavy atom. The molecule has 112 valence electrons. The Morgan fingerprint density at radius 3 is 1.95 bits per heavy atom. The molecule has 0 atom stereocenters. The van der Waals surface area contributed by atoms with Crippen LogP contribution in [0.25, 0.3) is 0 Å². The summed E-state index contributed by atoms with van der Waals surface area (Å²) in [6, 6.07) is 11.6. The number of ether oxygens (including phenoxy) is 2. The van der Waals surface area contributed by atoms with E-state index in [9.17, 15) is 13.5 Å². The number of rotatable bonds is 6. The molecular formula is C15H16O5S. The Morgan fingerprint density at radius 2 is 1.43 bits per heavy atom. The van der Waals surface area contributed by atoms with E-state index in [-0.39, 0.29) is 15.5 Å². The number of hydrogen-bond donors (Lipinski definition) is 1. The lowest BCUT2D eigenvalue weighted by atomic mass is 10.3. The zero-order valence-electron chi connectivity index (χ0n) is 11.5. The van der Waals surface area contributed by atoms with E-state index in [0.717, 1.165) is 0 Å². The SMILES string of the molecule is COCCOc1ccc(S(=O)(=O)c2ccc(O)cc2)cc1. The van der Waals surface area contributed by atoms with Crippen molar-refractivity contribution < 1.29 is 23.0 Å². The molecule has 1 N–H and O–H groups in total. The minimum Gasteiger partial charge on any atom is -0.508 e. The summed E-state index contributed by atoms with van der Waals surface area (Å²) in [5, 5.41) is 9.21. The van der Waals surface area contributed by atoms with Crippen LogP contribution in [0.5, 0.6) is 11.5 Å². The average molecular weight is 308 g/mol. The van der Waals surface area contributed by atoms with Gasteiger partial charge < -0.3 is 14.6 Å². The molecule has 0 bridgehead atoms. The van der Waals surface area contributed by atoms with Gasteiger partial charge in [-0.05, 0) is 48.5 Å². The van der Waals surface area contributed by atoms with Crippen LogP contribution in [0.3, 0.4) is 0 Å². The van der Waals surface area contributed by atoms with E-state index < -0.39 is 9.84 Å². The highest BCUT2D eigenvalue weighted by Crippen LogP contribution is 2.24. The predicted octanol–water partition coefficient (Wildman–Crippen LogP) is 2.25. The maximum Gasteiger partial charge on any atom is 0.206 e. The fourth-order valence-electron chi connectivity index (χ4n) is 1.72. The van der Waals surface area contributed by atoms with Gasteiger partial charge in [-0.3, -0.25) is 0 Å². The Kier molecular flexibility index (Phi) is 4.82. The van der Waals surface area contributed by atoms with Crippen molar-refractivity contribution in [2.45, 2.75) is 9.79 Å². The first-order chi connectivity index (χ1) is 10.0. The summed E-state index contributed by atoms with van der Waals surface area (Å²) in [6.45, 7) is 0.869. The lowest BCUT2D eigenvalue weighted by molar-refractivity contribution is 0.146. The van der Waals surface area contributed by atoms with Crippen molar-refractivity contribution >= 4 is 9.84 Å². The maximum absolute atomic E-state index is 12.4. The van der Waals surface area contributed by atoms with Gasteiger partial charge in [0.25, 0.3) is 0 Å². The van der Waals surface area contributed by atoms with Gasteiger partial charge in [-0.15, -0.1) is 0 Å². The third kappa shape index (κ3) is 3.74. The lowest BCUT2D eigenvalue weighted by Gasteiger charge is -2.08. The molecule has 2 aromatic carbocycles. The Hall–Kier alpha value is -2.05. The van der Waals surface area contributed by atoms with Crippen LogP contribution >= 0.6 is 0 Å². The van der Waals surface area contributed by atoms with Crippen molar-refractivity contribution in [2.24, 2.45) is 0 Å². The van der Waals surface area contributed by atoms with E-state index in [1.165, 1.54) is 36.4 Å². The highest BCUT2D eigenvalue weighted by Gasteiger charge is 2.17. The number of hydrogen-bond acceptors (Lipinski definition) is 5. The third-order valence-electron chi connectivity index (χ3n) is 2.84. The van der Waals surface area contributed by atoms with Crippen LogP contribution in [0, 0.1) is 0 Å². The van der Waals surface area contributed by atoms with Crippen molar-refractivity contribution in [3.8, 4) is 11.5 Å². The minimum absolute atomic E-state index is 0.0239. The first-order valence-electron chi connectivity index (χ1n) is 6.30. The molecule has 0 aromatic heterocycles. The van der Waals surface area contributed by atoms with E-state index in [1.54, 1.807) is 19.2 Å². The second kappa shape index (κ2) is 6.60. The van der Waals surface area contributed by atoms with Crippen molar-refractivity contribution in [1.82, 2.24) is 0 Å². The first kappa shape index (κ1) is 15.3. The Labute approximate surface area is 123 Å². The molecule has 0 fully saturated rings. The largest absolute Gasteiger partial charge is 0.508 e. The third-order valence-corrected chi connectivity index (χ3v) is 4.62. The van der Waals surface area contributed by atoms with Gasteiger partial charge in [-0.2, -0.15) is 0 Å². The van der Waals surface area contributed by atoms with E-state index >= 15 is 0 Å². The monoisotopic (exact) mass is 308 g/mol. The van der Waals surface area contributed by atoms with E-state index in [1.807, 2.05) is 0 Å². The summed E-state index contributed by atoms with van der Waals surface area (Å²) in [4.78, 5) is 0.306. The molecule has 0 amide bonds. The van der Waals surface area contributed by atoms with Gasteiger partial charge in [0, 0.05) is 7.11 Å². The standard InChI is InChI=1S/C15H16O5S/c1-19-10-11-20-13-4-8-15(9-5-13)21(17,18)14-6-2-12(16)3-7-14/h2-9,16H,10-11H2,1H3. The second-order valence-corrected chi connectivity index (χ2v) is 6.26. The number of benzene rings is 2. The van der Waals surface area contributed by atoms with E-state index in [4.69, 9.17) is 9.47 Å². The molecule has 0 saturated carbocycles. The van der Waals surface area contributed by atoms with Crippen LogP contribution in [0.2, 0.25) is 0 Å². The number of sulfone groups is 1. The van der Waals surface area contributed by atoms with Crippen molar-refractivity contribution in [1.29, 1.82) is 0 Å². The average Bonchev–Trinajstić information content (AvgIpc) is 2.48. The van der Waals surface area contributed by atoms with Crippen molar-refractivity contribution in [2.75, 3.05) is 20.3 Å². The molecule has 0 saturated heterocycles. The molecule has 5 nitrogen and oxygen atoms in total. The molecule has 2 aromatic rings. The molecular weight excluding hydrogens is 292 g/mol. The van der Waals surface area contributed by atoms with Gasteiger partial charge in [0.1, 0.15) is 18.1 Å². The van der Waals surface area contributed by atoms with E-state index in [2.05, 4.69) is 0 Å². The van der Waals surface area contributed by atoms with Gasteiger partial charge >= 0.3 is 0 Å². The highest BCUT2D eigenvalue weighted by atomic mass is 32.2. The molecule has 0 aliphatic heterocycles. The van der Waals surface area contributed by atoms with Gasteiger partial charge in [0.15, 0.2) is 0 Å². The van der Waals surface area contributed by atoms with Gasteiger partial charge in [-0.1, -0.05) is 0 Å². The first-order valence-corrected chi connectivity index (χ1v) is 7.78. The van der Waals surface area contributed by atoms with E-state index in [0.29, 0.717) is 19.0 Å². The molecule has 6 heteroatoms. The van der Waals surface area contributed by atoms with Gasteiger partial charge in [0.05, 0.1) is 16.4 Å². The van der Waals surface area contributed by atoms with Crippen LogP contribution in [0.1, 0.15) is 0 Å². The van der Waals surface area contributed by atoms with Crippen molar-refractivity contribution in [3.05, 3.63) is 48.5 Å². The zero-order valence-corrected chi connectivity index (χ0v) is 12.3. The van der Waals surface area contributed by atoms with Crippen molar-refractivity contribution in [3.63, 3.8) is 0 Å². The minimum atomic E-state index is -3.59. The van der Waals surface area contributed by atoms with Gasteiger partial charge in [0.2, 0.25) is 9.84 Å². The molecule has 0 unspecified atom stereocenters. The summed E-state index contributed by atoms with van der Waals surface area (Å²) in [7, 11) is -2.01. The summed E-state index contributed by atoms with van der Waals surface area (Å²) < 4.78 is 35.0. The summed E-state index contributed by atoms with van der Waals surface area (Å²) in [6.07, 6.45) is 0. The predicted molar refractivity (Wildman–Crippen MR) is 77.4 cm³/mol. The van der Waals surface area contributed by atoms with Gasteiger partial charge in [-0.25, -0.2) is 8.42 Å². The topological polar surface area (TPSA) is 72.8 Å². The lowest BCUT2D eigenvalue weighted by Crippen LogP contribution is -2.05. The zero-order chi connectivity index (χ0) is 15.3. The molecule has 21 heavy (non-hydrogen) atoms. The fourth-order valence-corrected chi connectivity index (χ4v) is 2.98. The normalized spacial score (nSPS) is 11.3. The number of phenolic OH excluding ortho intramolecular Hbond substituents is 1. The second-order valence-electron chi connectivity index (χ2n) is 4.31. The van der Waals surface area contributed by atoms with Crippen LogP contribution < -0.4 is 4.74 Å². The summed E-state index contributed by atoms with van der Waals surface area (Å²) >= 11 is 0. The molecule has 0 spiro atoms. The summed E-state index contributed by atoms with van der Waals surface area (Å²) in [5.41, 5.74) is 0. The van der Waals surface area contributed by atoms with Crippen LogP contribution in [0.15, 0.2) is 58.3 Å². The summed E-state index contributed by atoms with van der Waals surface area (Å²) in [5.74, 6) is 0.604. The molecule has 0 heterocycles. The quantitative estimate of drug-likeness (QED) is 0.829. The number of aromatic hydroxyl groups is 1. The Bertz CT molecular complexity index is 675. The molecule has 0 radical (unpaired) electrons. The number of phenols is 1. The number of methoxy groups -OCH3 is 1. The smallest absolute Gasteiger partial charge is 0.206 e. The molecule has 0 aliphatic rings. The molecule has 0 aliphatic carbocycles. The molecule has 2 rings (SSSR count).